The van der Waals surface area contributed by atoms with Crippen molar-refractivity contribution in [1.82, 2.24) is 0 Å². The van der Waals surface area contributed by atoms with Gasteiger partial charge in [-0.05, 0) is 33.6 Å². The van der Waals surface area contributed by atoms with E-state index in [-0.39, 0.29) is 24.9 Å². The lowest BCUT2D eigenvalue weighted by atomic mass is 9.89. The second-order valence-corrected chi connectivity index (χ2v) is 5.10. The number of ether oxygens (including phenoxy) is 1. The highest BCUT2D eigenvalue weighted by Crippen LogP contribution is 2.22. The SMILES string of the molecule is CC(CC(C)(C)C#N)OC(=O)CCCCC(=O)O. The average Bonchev–Trinajstić information content (AvgIpc) is 2.23. The molecule has 1 N–H and O–H groups in total. The molecular formula is C13H21NO4. The van der Waals surface area contributed by atoms with E-state index in [9.17, 15) is 9.59 Å². The lowest BCUT2D eigenvalue weighted by Gasteiger charge is -2.20. The predicted molar refractivity (Wildman–Crippen MR) is 65.7 cm³/mol. The Labute approximate surface area is 108 Å². The third-order valence-corrected chi connectivity index (χ3v) is 2.45. The van der Waals surface area contributed by atoms with Gasteiger partial charge in [0.1, 0.15) is 6.10 Å². The monoisotopic (exact) mass is 255 g/mol. The van der Waals surface area contributed by atoms with Crippen molar-refractivity contribution in [2.75, 3.05) is 0 Å². The summed E-state index contributed by atoms with van der Waals surface area (Å²) in [5.41, 5.74) is -0.511. The molecule has 0 aromatic rings. The van der Waals surface area contributed by atoms with E-state index < -0.39 is 11.4 Å². The summed E-state index contributed by atoms with van der Waals surface area (Å²) < 4.78 is 5.16. The van der Waals surface area contributed by atoms with Crippen molar-refractivity contribution in [2.24, 2.45) is 5.41 Å². The van der Waals surface area contributed by atoms with Crippen LogP contribution in [0.5, 0.6) is 0 Å². The highest BCUT2D eigenvalue weighted by molar-refractivity contribution is 5.70. The van der Waals surface area contributed by atoms with E-state index >= 15 is 0 Å². The van der Waals surface area contributed by atoms with Crippen molar-refractivity contribution in [3.63, 3.8) is 0 Å². The number of rotatable bonds is 8. The number of carbonyl (C=O) groups excluding carboxylic acids is 1. The van der Waals surface area contributed by atoms with Gasteiger partial charge in [0.2, 0.25) is 0 Å². The first kappa shape index (κ1) is 16.4. The maximum Gasteiger partial charge on any atom is 0.306 e. The number of esters is 1. The van der Waals surface area contributed by atoms with E-state index in [1.807, 2.05) is 0 Å². The third-order valence-electron chi connectivity index (χ3n) is 2.45. The van der Waals surface area contributed by atoms with Crippen LogP contribution < -0.4 is 0 Å². The van der Waals surface area contributed by atoms with Gasteiger partial charge in [-0.1, -0.05) is 0 Å². The van der Waals surface area contributed by atoms with Crippen LogP contribution in [0.15, 0.2) is 0 Å². The van der Waals surface area contributed by atoms with Gasteiger partial charge in [-0.3, -0.25) is 9.59 Å². The molecule has 0 aromatic heterocycles. The fourth-order valence-electron chi connectivity index (χ4n) is 1.63. The van der Waals surface area contributed by atoms with Crippen molar-refractivity contribution in [2.45, 2.75) is 59.0 Å². The number of carboxylic acids is 1. The first-order chi connectivity index (χ1) is 8.26. The molecule has 0 aliphatic rings. The molecule has 0 rings (SSSR count). The first-order valence-electron chi connectivity index (χ1n) is 6.09. The zero-order chi connectivity index (χ0) is 14.2. The van der Waals surface area contributed by atoms with Crippen LogP contribution in [0.3, 0.4) is 0 Å². The highest BCUT2D eigenvalue weighted by atomic mass is 16.5. The molecular weight excluding hydrogens is 234 g/mol. The summed E-state index contributed by atoms with van der Waals surface area (Å²) in [7, 11) is 0. The summed E-state index contributed by atoms with van der Waals surface area (Å²) in [5.74, 6) is -1.19. The number of hydrogen-bond donors (Lipinski definition) is 1. The molecule has 5 heteroatoms. The maximum absolute atomic E-state index is 11.4. The molecule has 0 amide bonds. The van der Waals surface area contributed by atoms with Crippen LogP contribution in [0.1, 0.15) is 52.9 Å². The molecule has 0 aromatic carbocycles. The van der Waals surface area contributed by atoms with Gasteiger partial charge in [-0.25, -0.2) is 0 Å². The quantitative estimate of drug-likeness (QED) is 0.532. The van der Waals surface area contributed by atoms with E-state index in [1.54, 1.807) is 20.8 Å². The predicted octanol–water partition coefficient (Wildman–Crippen LogP) is 2.50. The molecule has 0 heterocycles. The standard InChI is InChI=1S/C13H21NO4/c1-10(8-13(2,3)9-14)18-12(17)7-5-4-6-11(15)16/h10H,4-8H2,1-3H3,(H,15,16). The molecule has 0 fully saturated rings. The molecule has 0 radical (unpaired) electrons. The van der Waals surface area contributed by atoms with Gasteiger partial charge in [-0.15, -0.1) is 0 Å². The van der Waals surface area contributed by atoms with Crippen LogP contribution >= 0.6 is 0 Å². The Morgan fingerprint density at radius 2 is 1.89 bits per heavy atom. The van der Waals surface area contributed by atoms with Crippen molar-refractivity contribution < 1.29 is 19.4 Å². The second kappa shape index (κ2) is 7.70. The van der Waals surface area contributed by atoms with Gasteiger partial charge in [0.25, 0.3) is 0 Å². The molecule has 0 spiro atoms. The van der Waals surface area contributed by atoms with Gasteiger partial charge >= 0.3 is 11.9 Å². The van der Waals surface area contributed by atoms with E-state index in [0.29, 0.717) is 19.3 Å². The summed E-state index contributed by atoms with van der Waals surface area (Å²) in [5, 5.41) is 17.3. The number of hydrogen-bond acceptors (Lipinski definition) is 4. The normalized spacial score (nSPS) is 12.6. The van der Waals surface area contributed by atoms with E-state index in [1.165, 1.54) is 0 Å². The van der Waals surface area contributed by atoms with Gasteiger partial charge in [0.15, 0.2) is 0 Å². The number of nitriles is 1. The number of aliphatic carboxylic acids is 1. The molecule has 102 valence electrons. The van der Waals surface area contributed by atoms with Crippen molar-refractivity contribution >= 4 is 11.9 Å². The topological polar surface area (TPSA) is 87.4 Å². The molecule has 1 unspecified atom stereocenters. The van der Waals surface area contributed by atoms with E-state index in [2.05, 4.69) is 6.07 Å². The number of unbranched alkanes of at least 4 members (excludes halogenated alkanes) is 1. The summed E-state index contributed by atoms with van der Waals surface area (Å²) >= 11 is 0. The van der Waals surface area contributed by atoms with Gasteiger partial charge in [0.05, 0.1) is 11.5 Å². The van der Waals surface area contributed by atoms with Crippen LogP contribution in [0.25, 0.3) is 0 Å². The maximum atomic E-state index is 11.4. The van der Waals surface area contributed by atoms with Crippen molar-refractivity contribution in [1.29, 1.82) is 5.26 Å². The van der Waals surface area contributed by atoms with Crippen molar-refractivity contribution in [3.05, 3.63) is 0 Å². The Morgan fingerprint density at radius 1 is 1.33 bits per heavy atom. The van der Waals surface area contributed by atoms with Crippen LogP contribution in [0.2, 0.25) is 0 Å². The second-order valence-electron chi connectivity index (χ2n) is 5.10. The van der Waals surface area contributed by atoms with Crippen LogP contribution in [0.4, 0.5) is 0 Å². The summed E-state index contributed by atoms with van der Waals surface area (Å²) in [6, 6.07) is 2.15. The minimum atomic E-state index is -0.854. The van der Waals surface area contributed by atoms with E-state index in [4.69, 9.17) is 15.1 Å². The van der Waals surface area contributed by atoms with Crippen LogP contribution in [-0.4, -0.2) is 23.1 Å². The molecule has 0 bridgehead atoms. The highest BCUT2D eigenvalue weighted by Gasteiger charge is 2.22. The third kappa shape index (κ3) is 8.57. The number of carbonyl (C=O) groups is 2. The van der Waals surface area contributed by atoms with Crippen LogP contribution in [0, 0.1) is 16.7 Å². The summed E-state index contributed by atoms with van der Waals surface area (Å²) in [6.07, 6.45) is 1.48. The number of carboxylic acid groups (broad SMARTS) is 1. The Bertz CT molecular complexity index is 330. The van der Waals surface area contributed by atoms with Gasteiger partial charge in [0, 0.05) is 19.3 Å². The Kier molecular flexibility index (Phi) is 7.03. The smallest absolute Gasteiger partial charge is 0.306 e. The largest absolute Gasteiger partial charge is 0.481 e. The minimum Gasteiger partial charge on any atom is -0.481 e. The Hall–Kier alpha value is -1.57. The minimum absolute atomic E-state index is 0.0737. The summed E-state index contributed by atoms with van der Waals surface area (Å²) in [4.78, 5) is 21.7. The van der Waals surface area contributed by atoms with Crippen LogP contribution in [-0.2, 0) is 14.3 Å². The van der Waals surface area contributed by atoms with Crippen molar-refractivity contribution in [3.8, 4) is 6.07 Å². The molecule has 1 atom stereocenters. The molecule has 5 nitrogen and oxygen atoms in total. The lowest BCUT2D eigenvalue weighted by Crippen LogP contribution is -2.22. The van der Waals surface area contributed by atoms with Gasteiger partial charge < -0.3 is 9.84 Å². The molecule has 0 saturated carbocycles. The molecule has 18 heavy (non-hydrogen) atoms. The van der Waals surface area contributed by atoms with Gasteiger partial charge in [-0.2, -0.15) is 5.26 Å². The fraction of sp³-hybridized carbons (Fsp3) is 0.769. The molecule has 0 aliphatic heterocycles. The van der Waals surface area contributed by atoms with E-state index in [0.717, 1.165) is 0 Å². The average molecular weight is 255 g/mol. The Morgan fingerprint density at radius 3 is 2.39 bits per heavy atom. The molecule has 0 aliphatic carbocycles. The Balaban J connectivity index is 3.82. The zero-order valence-electron chi connectivity index (χ0n) is 11.2. The summed E-state index contributed by atoms with van der Waals surface area (Å²) in [6.45, 7) is 5.35. The zero-order valence-corrected chi connectivity index (χ0v) is 11.2. The number of nitrogens with zero attached hydrogens (tertiary/aromatic N) is 1. The lowest BCUT2D eigenvalue weighted by molar-refractivity contribution is -0.149. The first-order valence-corrected chi connectivity index (χ1v) is 6.09. The fourth-order valence-corrected chi connectivity index (χ4v) is 1.63. The molecule has 0 saturated heterocycles.